The second-order valence-corrected chi connectivity index (χ2v) is 7.73. The minimum absolute atomic E-state index is 0.0598. The van der Waals surface area contributed by atoms with Gasteiger partial charge in [0.05, 0.1) is 18.2 Å². The van der Waals surface area contributed by atoms with Gasteiger partial charge in [-0.05, 0) is 67.6 Å². The van der Waals surface area contributed by atoms with Gasteiger partial charge in [0.15, 0.2) is 0 Å². The van der Waals surface area contributed by atoms with E-state index in [1.54, 1.807) is 18.2 Å². The fourth-order valence-electron chi connectivity index (χ4n) is 3.78. The summed E-state index contributed by atoms with van der Waals surface area (Å²) in [4.78, 5) is 30.6. The van der Waals surface area contributed by atoms with Crippen LogP contribution in [0.2, 0.25) is 0 Å². The number of benzene rings is 2. The van der Waals surface area contributed by atoms with Crippen molar-refractivity contribution in [2.75, 3.05) is 30.4 Å². The number of esters is 1. The van der Waals surface area contributed by atoms with Gasteiger partial charge in [-0.2, -0.15) is 13.2 Å². The molecule has 0 atom stereocenters. The smallest absolute Gasteiger partial charge is 0.416 e. The summed E-state index contributed by atoms with van der Waals surface area (Å²) in [5, 5.41) is 2.52. The highest BCUT2D eigenvalue weighted by molar-refractivity contribution is 6.04. The topological polar surface area (TPSA) is 71.0 Å². The van der Waals surface area contributed by atoms with Gasteiger partial charge in [-0.15, -0.1) is 0 Å². The zero-order valence-electron chi connectivity index (χ0n) is 18.8. The molecule has 1 aliphatic rings. The molecule has 0 aromatic heterocycles. The summed E-state index contributed by atoms with van der Waals surface area (Å²) in [7, 11) is 1.31. The van der Waals surface area contributed by atoms with Crippen LogP contribution in [0.4, 0.5) is 24.5 Å². The van der Waals surface area contributed by atoms with Gasteiger partial charge >= 0.3 is 12.1 Å². The van der Waals surface area contributed by atoms with E-state index in [1.165, 1.54) is 25.4 Å². The third-order valence-electron chi connectivity index (χ3n) is 5.45. The third-order valence-corrected chi connectivity index (χ3v) is 5.45. The largest absolute Gasteiger partial charge is 0.465 e. The molecule has 0 aliphatic carbocycles. The van der Waals surface area contributed by atoms with E-state index in [4.69, 9.17) is 4.74 Å². The maximum atomic E-state index is 12.9. The number of anilines is 2. The number of ether oxygens (including phenoxy) is 1. The minimum atomic E-state index is -4.50. The van der Waals surface area contributed by atoms with E-state index in [-0.39, 0.29) is 5.69 Å². The van der Waals surface area contributed by atoms with Crippen LogP contribution < -0.4 is 10.2 Å². The van der Waals surface area contributed by atoms with Crippen LogP contribution in [0.5, 0.6) is 0 Å². The van der Waals surface area contributed by atoms with Crippen LogP contribution in [0.3, 0.4) is 0 Å². The number of hydrogen-bond acceptors (Lipinski definition) is 5. The molecule has 1 N–H and O–H groups in total. The van der Waals surface area contributed by atoms with E-state index in [1.807, 2.05) is 13.0 Å². The van der Waals surface area contributed by atoms with Gasteiger partial charge in [-0.1, -0.05) is 12.1 Å². The van der Waals surface area contributed by atoms with Crippen LogP contribution in [-0.4, -0.2) is 38.8 Å². The van der Waals surface area contributed by atoms with Crippen molar-refractivity contribution in [3.8, 4) is 0 Å². The van der Waals surface area contributed by atoms with Crippen LogP contribution in [-0.2, 0) is 15.7 Å². The molecule has 0 radical (unpaired) electrons. The molecule has 0 bridgehead atoms. The minimum Gasteiger partial charge on any atom is -0.465 e. The molecule has 0 saturated heterocycles. The summed E-state index contributed by atoms with van der Waals surface area (Å²) in [6.07, 6.45) is -2.55. The number of nitrogens with one attached hydrogen (secondary N) is 1. The van der Waals surface area contributed by atoms with E-state index in [0.717, 1.165) is 29.0 Å². The first kappa shape index (κ1) is 24.8. The second kappa shape index (κ2) is 10.4. The number of methoxy groups -OCH3 is 1. The van der Waals surface area contributed by atoms with Crippen LogP contribution in [0, 0.1) is 0 Å². The Morgan fingerprint density at radius 3 is 2.56 bits per heavy atom. The first-order valence-electron chi connectivity index (χ1n) is 10.4. The van der Waals surface area contributed by atoms with Crippen LogP contribution in [0.15, 0.2) is 76.4 Å². The Balaban J connectivity index is 1.78. The van der Waals surface area contributed by atoms with Crippen molar-refractivity contribution in [2.24, 2.45) is 4.99 Å². The lowest BCUT2D eigenvalue weighted by Gasteiger charge is -2.32. The lowest BCUT2D eigenvalue weighted by atomic mass is 9.94. The number of amides is 1. The van der Waals surface area contributed by atoms with E-state index >= 15 is 0 Å². The Morgan fingerprint density at radius 2 is 1.91 bits per heavy atom. The van der Waals surface area contributed by atoms with Crippen molar-refractivity contribution < 1.29 is 27.5 Å². The zero-order valence-corrected chi connectivity index (χ0v) is 18.8. The fourth-order valence-corrected chi connectivity index (χ4v) is 3.78. The maximum Gasteiger partial charge on any atom is 0.416 e. The highest BCUT2D eigenvalue weighted by Crippen LogP contribution is 2.31. The Labute approximate surface area is 195 Å². The number of aliphatic imine (C=N–C) groups is 1. The van der Waals surface area contributed by atoms with E-state index in [2.05, 4.69) is 21.9 Å². The number of alkyl halides is 3. The van der Waals surface area contributed by atoms with Crippen molar-refractivity contribution in [2.45, 2.75) is 19.5 Å². The fraction of sp³-hybridized carbons (Fsp3) is 0.240. The van der Waals surface area contributed by atoms with Crippen LogP contribution in [0.1, 0.15) is 29.3 Å². The molecule has 6 nitrogen and oxygen atoms in total. The molecule has 9 heteroatoms. The van der Waals surface area contributed by atoms with Gasteiger partial charge in [0.2, 0.25) is 0 Å². The lowest BCUT2D eigenvalue weighted by molar-refractivity contribution is -0.137. The molecule has 0 spiro atoms. The summed E-state index contributed by atoms with van der Waals surface area (Å²) >= 11 is 0. The highest BCUT2D eigenvalue weighted by atomic mass is 19.4. The van der Waals surface area contributed by atoms with Crippen LogP contribution in [0.25, 0.3) is 0 Å². The molecule has 1 heterocycles. The Bertz CT molecular complexity index is 1170. The van der Waals surface area contributed by atoms with Crippen molar-refractivity contribution in [1.82, 2.24) is 0 Å². The van der Waals surface area contributed by atoms with Gasteiger partial charge in [-0.25, -0.2) is 4.79 Å². The average Bonchev–Trinajstić information content (AvgIpc) is 2.82. The van der Waals surface area contributed by atoms with E-state index in [9.17, 15) is 22.8 Å². The Morgan fingerprint density at radius 1 is 1.18 bits per heavy atom. The van der Waals surface area contributed by atoms with E-state index in [0.29, 0.717) is 30.6 Å². The number of rotatable bonds is 6. The standard InChI is InChI=1S/C25H24F3N3O3/c1-16-15-31(11-10-21(16)22(14-29-2)24(33)34-3)20-9-4-6-17(12-20)23(32)30-19-8-5-7-18(13-19)25(26,27)28/h4-9,12-14H,2,10-11,15H2,1,3H3,(H,30,32)/b22-14+. The molecule has 0 saturated carbocycles. The molecule has 1 aliphatic heterocycles. The summed E-state index contributed by atoms with van der Waals surface area (Å²) in [6.45, 7) is 6.41. The maximum absolute atomic E-state index is 12.9. The molecule has 0 fully saturated rings. The van der Waals surface area contributed by atoms with Crippen LogP contribution >= 0.6 is 0 Å². The predicted octanol–water partition coefficient (Wildman–Crippen LogP) is 5.24. The van der Waals surface area contributed by atoms with Crippen molar-refractivity contribution in [1.29, 1.82) is 0 Å². The number of carbonyl (C=O) groups excluding carboxylic acids is 2. The van der Waals surface area contributed by atoms with Crippen molar-refractivity contribution >= 4 is 30.0 Å². The average molecular weight is 471 g/mol. The molecule has 3 rings (SSSR count). The first-order chi connectivity index (χ1) is 16.1. The van der Waals surface area contributed by atoms with Gasteiger partial charge < -0.3 is 15.0 Å². The Kier molecular flexibility index (Phi) is 7.55. The molecular weight excluding hydrogens is 447 g/mol. The number of hydrogen-bond donors (Lipinski definition) is 1. The second-order valence-electron chi connectivity index (χ2n) is 7.73. The molecule has 2 aromatic rings. The molecule has 178 valence electrons. The lowest BCUT2D eigenvalue weighted by Crippen LogP contribution is -2.32. The number of halogens is 3. The summed E-state index contributed by atoms with van der Waals surface area (Å²) < 4.78 is 43.7. The normalized spacial score (nSPS) is 14.6. The van der Waals surface area contributed by atoms with E-state index < -0.39 is 23.6 Å². The molecular formula is C25H24F3N3O3. The van der Waals surface area contributed by atoms with Gasteiger partial charge in [0.25, 0.3) is 5.91 Å². The molecule has 1 amide bonds. The highest BCUT2D eigenvalue weighted by Gasteiger charge is 2.30. The summed E-state index contributed by atoms with van der Waals surface area (Å²) in [5.41, 5.74) is 2.47. The SMILES string of the molecule is C=N/C=C(/C(=O)OC)C1=C(C)CN(c2cccc(C(=O)Nc3cccc(C(F)(F)F)c3)c2)CC1. The molecule has 2 aromatic carbocycles. The predicted molar refractivity (Wildman–Crippen MR) is 125 cm³/mol. The van der Waals surface area contributed by atoms with Gasteiger partial charge in [-0.3, -0.25) is 9.79 Å². The quantitative estimate of drug-likeness (QED) is 0.355. The summed E-state index contributed by atoms with van der Waals surface area (Å²) in [5.74, 6) is -0.998. The Hall–Kier alpha value is -3.88. The molecule has 0 unspecified atom stereocenters. The monoisotopic (exact) mass is 471 g/mol. The van der Waals surface area contributed by atoms with Crippen molar-refractivity contribution in [3.63, 3.8) is 0 Å². The van der Waals surface area contributed by atoms with Gasteiger partial charge in [0, 0.05) is 36.2 Å². The zero-order chi connectivity index (χ0) is 24.9. The van der Waals surface area contributed by atoms with Gasteiger partial charge in [0.1, 0.15) is 0 Å². The first-order valence-corrected chi connectivity index (χ1v) is 10.4. The summed E-state index contributed by atoms with van der Waals surface area (Å²) in [6, 6.07) is 11.3. The number of nitrogens with zero attached hydrogens (tertiary/aromatic N) is 2. The van der Waals surface area contributed by atoms with Crippen molar-refractivity contribution in [3.05, 3.63) is 82.6 Å². The number of carbonyl (C=O) groups is 2. The molecule has 34 heavy (non-hydrogen) atoms. The third kappa shape index (κ3) is 5.72.